The summed E-state index contributed by atoms with van der Waals surface area (Å²) in [7, 11) is 0. The van der Waals surface area contributed by atoms with Crippen molar-refractivity contribution in [1.29, 1.82) is 5.26 Å². The Hall–Kier alpha value is -3.40. The Morgan fingerprint density at radius 3 is 2.54 bits per heavy atom. The highest BCUT2D eigenvalue weighted by molar-refractivity contribution is 5.94. The van der Waals surface area contributed by atoms with Crippen LogP contribution in [0.3, 0.4) is 0 Å². The van der Waals surface area contributed by atoms with Crippen molar-refractivity contribution in [1.82, 2.24) is 5.32 Å². The predicted octanol–water partition coefficient (Wildman–Crippen LogP) is 2.51. The zero-order valence-electron chi connectivity index (χ0n) is 14.2. The number of ketones is 1. The Morgan fingerprint density at radius 1 is 1.15 bits per heavy atom. The minimum absolute atomic E-state index is 0.0420. The van der Waals surface area contributed by atoms with E-state index >= 15 is 0 Å². The Kier molecular flexibility index (Phi) is 6.68. The van der Waals surface area contributed by atoms with Crippen molar-refractivity contribution in [2.75, 3.05) is 25.0 Å². The molecule has 0 aliphatic carbocycles. The van der Waals surface area contributed by atoms with E-state index in [1.165, 1.54) is 19.1 Å². The van der Waals surface area contributed by atoms with Crippen molar-refractivity contribution in [3.8, 4) is 11.8 Å². The van der Waals surface area contributed by atoms with Gasteiger partial charge in [0.25, 0.3) is 5.91 Å². The molecule has 6 nitrogen and oxygen atoms in total. The molecule has 26 heavy (non-hydrogen) atoms. The smallest absolute Gasteiger partial charge is 0.258 e. The molecule has 7 heteroatoms. The maximum atomic E-state index is 13.5. The SMILES string of the molecule is CC(=O)c1ccc(OCC(=O)NCCNc2cccc(F)c2C#N)cc1. The van der Waals surface area contributed by atoms with E-state index in [2.05, 4.69) is 10.6 Å². The number of carbonyl (C=O) groups excluding carboxylic acids is 2. The van der Waals surface area contributed by atoms with E-state index in [-0.39, 0.29) is 30.4 Å². The number of amides is 1. The van der Waals surface area contributed by atoms with Crippen LogP contribution in [0.4, 0.5) is 10.1 Å². The number of Topliss-reactive ketones (excluding diaryl/α,β-unsaturated/α-hetero) is 1. The van der Waals surface area contributed by atoms with Crippen LogP contribution in [0.1, 0.15) is 22.8 Å². The van der Waals surface area contributed by atoms with Gasteiger partial charge in [0.1, 0.15) is 23.2 Å². The Balaban J connectivity index is 1.72. The fourth-order valence-electron chi connectivity index (χ4n) is 2.17. The highest BCUT2D eigenvalue weighted by Gasteiger charge is 2.07. The van der Waals surface area contributed by atoms with Gasteiger partial charge in [-0.25, -0.2) is 4.39 Å². The van der Waals surface area contributed by atoms with Crippen molar-refractivity contribution in [2.24, 2.45) is 0 Å². The fourth-order valence-corrected chi connectivity index (χ4v) is 2.17. The predicted molar refractivity (Wildman–Crippen MR) is 94.6 cm³/mol. The van der Waals surface area contributed by atoms with Crippen molar-refractivity contribution < 1.29 is 18.7 Å². The molecule has 0 aliphatic rings. The van der Waals surface area contributed by atoms with E-state index in [0.717, 1.165) is 0 Å². The minimum Gasteiger partial charge on any atom is -0.484 e. The summed E-state index contributed by atoms with van der Waals surface area (Å²) >= 11 is 0. The molecule has 2 aromatic carbocycles. The van der Waals surface area contributed by atoms with Gasteiger partial charge in [0.05, 0.1) is 5.69 Å². The van der Waals surface area contributed by atoms with E-state index < -0.39 is 5.82 Å². The first-order valence-corrected chi connectivity index (χ1v) is 7.94. The number of ether oxygens (including phenoxy) is 1. The Morgan fingerprint density at radius 2 is 1.88 bits per heavy atom. The van der Waals surface area contributed by atoms with Gasteiger partial charge in [-0.15, -0.1) is 0 Å². The van der Waals surface area contributed by atoms with Crippen molar-refractivity contribution in [3.63, 3.8) is 0 Å². The molecule has 2 N–H and O–H groups in total. The van der Waals surface area contributed by atoms with Crippen LogP contribution in [0.5, 0.6) is 5.75 Å². The number of anilines is 1. The zero-order valence-corrected chi connectivity index (χ0v) is 14.2. The molecule has 0 aromatic heterocycles. The first-order valence-electron chi connectivity index (χ1n) is 7.94. The largest absolute Gasteiger partial charge is 0.484 e. The number of hydrogen-bond donors (Lipinski definition) is 2. The molecule has 1 amide bonds. The Labute approximate surface area is 150 Å². The molecule has 0 saturated heterocycles. The van der Waals surface area contributed by atoms with Gasteiger partial charge < -0.3 is 15.4 Å². The first kappa shape index (κ1) is 18.9. The second-order valence-electron chi connectivity index (χ2n) is 5.42. The van der Waals surface area contributed by atoms with Gasteiger partial charge in [-0.3, -0.25) is 9.59 Å². The van der Waals surface area contributed by atoms with Crippen LogP contribution in [0.2, 0.25) is 0 Å². The van der Waals surface area contributed by atoms with Gasteiger partial charge in [0, 0.05) is 18.7 Å². The number of nitrogens with zero attached hydrogens (tertiary/aromatic N) is 1. The van der Waals surface area contributed by atoms with Crippen molar-refractivity contribution >= 4 is 17.4 Å². The molecule has 134 valence electrons. The van der Waals surface area contributed by atoms with Crippen LogP contribution in [0.25, 0.3) is 0 Å². The summed E-state index contributed by atoms with van der Waals surface area (Å²) in [4.78, 5) is 22.9. The van der Waals surface area contributed by atoms with E-state index in [1.54, 1.807) is 36.4 Å². The zero-order chi connectivity index (χ0) is 18.9. The number of hydrogen-bond acceptors (Lipinski definition) is 5. The molecule has 0 atom stereocenters. The third-order valence-corrected chi connectivity index (χ3v) is 3.52. The topological polar surface area (TPSA) is 91.2 Å². The molecular weight excluding hydrogens is 337 g/mol. The average molecular weight is 355 g/mol. The summed E-state index contributed by atoms with van der Waals surface area (Å²) in [6.45, 7) is 1.92. The molecule has 0 fully saturated rings. The Bertz CT molecular complexity index is 829. The molecule has 0 unspecified atom stereocenters. The molecule has 0 bridgehead atoms. The van der Waals surface area contributed by atoms with Gasteiger partial charge in [-0.1, -0.05) is 6.07 Å². The van der Waals surface area contributed by atoms with Gasteiger partial charge in [-0.2, -0.15) is 5.26 Å². The third kappa shape index (κ3) is 5.31. The second-order valence-corrected chi connectivity index (χ2v) is 5.42. The number of halogens is 1. The molecule has 2 rings (SSSR count). The molecule has 0 saturated carbocycles. The van der Waals surface area contributed by atoms with E-state index in [9.17, 15) is 14.0 Å². The first-order chi connectivity index (χ1) is 12.5. The maximum absolute atomic E-state index is 13.5. The average Bonchev–Trinajstić information content (AvgIpc) is 2.64. The number of carbonyl (C=O) groups is 2. The summed E-state index contributed by atoms with van der Waals surface area (Å²) in [6.07, 6.45) is 0. The van der Waals surface area contributed by atoms with Crippen LogP contribution >= 0.6 is 0 Å². The lowest BCUT2D eigenvalue weighted by atomic mass is 10.1. The second kappa shape index (κ2) is 9.18. The third-order valence-electron chi connectivity index (χ3n) is 3.52. The van der Waals surface area contributed by atoms with Gasteiger partial charge in [0.2, 0.25) is 0 Å². The highest BCUT2D eigenvalue weighted by atomic mass is 19.1. The summed E-state index contributed by atoms with van der Waals surface area (Å²) in [5.74, 6) is -0.464. The number of benzene rings is 2. The molecule has 0 heterocycles. The molecule has 0 aliphatic heterocycles. The van der Waals surface area contributed by atoms with Crippen LogP contribution in [0, 0.1) is 17.1 Å². The van der Waals surface area contributed by atoms with Crippen LogP contribution < -0.4 is 15.4 Å². The van der Waals surface area contributed by atoms with Gasteiger partial charge in [0.15, 0.2) is 12.4 Å². The molecular formula is C19H18FN3O3. The monoisotopic (exact) mass is 355 g/mol. The lowest BCUT2D eigenvalue weighted by Gasteiger charge is -2.10. The summed E-state index contributed by atoms with van der Waals surface area (Å²) in [6, 6.07) is 12.6. The number of nitrogens with one attached hydrogen (secondary N) is 2. The van der Waals surface area contributed by atoms with E-state index in [1.807, 2.05) is 0 Å². The van der Waals surface area contributed by atoms with Gasteiger partial charge in [-0.05, 0) is 43.3 Å². The molecule has 2 aromatic rings. The van der Waals surface area contributed by atoms with Crippen LogP contribution in [-0.2, 0) is 4.79 Å². The quantitative estimate of drug-likeness (QED) is 0.561. The normalized spacial score (nSPS) is 9.88. The van der Waals surface area contributed by atoms with E-state index in [4.69, 9.17) is 10.00 Å². The lowest BCUT2D eigenvalue weighted by Crippen LogP contribution is -2.32. The fraction of sp³-hybridized carbons (Fsp3) is 0.211. The molecule has 0 spiro atoms. The summed E-state index contributed by atoms with van der Waals surface area (Å²) < 4.78 is 18.8. The summed E-state index contributed by atoms with van der Waals surface area (Å²) in [5, 5.41) is 14.5. The van der Waals surface area contributed by atoms with Crippen molar-refractivity contribution in [2.45, 2.75) is 6.92 Å². The van der Waals surface area contributed by atoms with E-state index in [0.29, 0.717) is 23.5 Å². The van der Waals surface area contributed by atoms with Gasteiger partial charge >= 0.3 is 0 Å². The standard InChI is InChI=1S/C19H18FN3O3/c1-13(24)14-5-7-15(8-6-14)26-12-19(25)23-10-9-22-18-4-2-3-17(20)16(18)11-21/h2-8,22H,9-10,12H2,1H3,(H,23,25). The molecule has 0 radical (unpaired) electrons. The highest BCUT2D eigenvalue weighted by Crippen LogP contribution is 2.17. The summed E-state index contributed by atoms with van der Waals surface area (Å²) in [5.41, 5.74) is 0.890. The number of nitriles is 1. The van der Waals surface area contributed by atoms with Crippen LogP contribution in [-0.4, -0.2) is 31.4 Å². The van der Waals surface area contributed by atoms with Crippen LogP contribution in [0.15, 0.2) is 42.5 Å². The number of rotatable bonds is 8. The minimum atomic E-state index is -0.592. The maximum Gasteiger partial charge on any atom is 0.258 e. The van der Waals surface area contributed by atoms with Crippen molar-refractivity contribution in [3.05, 3.63) is 59.4 Å². The lowest BCUT2D eigenvalue weighted by molar-refractivity contribution is -0.123.